The zero-order valence-corrected chi connectivity index (χ0v) is 30.3. The molecule has 2 aliphatic rings. The van der Waals surface area contributed by atoms with Crippen LogP contribution in [0.1, 0.15) is 25.7 Å². The van der Waals surface area contributed by atoms with Gasteiger partial charge in [-0.05, 0) is 98.8 Å². The van der Waals surface area contributed by atoms with E-state index in [1.54, 1.807) is 6.07 Å². The topological polar surface area (TPSA) is 82.1 Å². The third kappa shape index (κ3) is 8.71. The molecule has 12 heteroatoms. The molecule has 0 atom stereocenters. The number of nitrogens with zero attached hydrogens (tertiary/aromatic N) is 6. The molecule has 2 fully saturated rings. The van der Waals surface area contributed by atoms with Crippen molar-refractivity contribution in [3.8, 4) is 0 Å². The summed E-state index contributed by atoms with van der Waals surface area (Å²) in [5.41, 5.74) is 6.03. The summed E-state index contributed by atoms with van der Waals surface area (Å²) >= 11 is 8.17. The van der Waals surface area contributed by atoms with Gasteiger partial charge >= 0.3 is 29.6 Å². The van der Waals surface area contributed by atoms with E-state index in [0.29, 0.717) is 17.2 Å². The first-order valence-electron chi connectivity index (χ1n) is 13.2. The minimum atomic E-state index is 0. The van der Waals surface area contributed by atoms with E-state index < -0.39 is 0 Å². The number of rotatable bonds is 4. The maximum absolute atomic E-state index is 5.93. The van der Waals surface area contributed by atoms with E-state index in [9.17, 15) is 0 Å². The summed E-state index contributed by atoms with van der Waals surface area (Å²) in [5, 5.41) is 7.21. The fraction of sp³-hybridized carbons (Fsp3) is 0.429. The van der Waals surface area contributed by atoms with Crippen LogP contribution in [-0.2, 0) is 0 Å². The number of anilines is 2. The van der Waals surface area contributed by atoms with E-state index in [4.69, 9.17) is 11.6 Å². The first-order valence-corrected chi connectivity index (χ1v) is 14.7. The molecule has 0 bridgehead atoms. The summed E-state index contributed by atoms with van der Waals surface area (Å²) in [5.74, 6) is 0. The Bertz CT molecular complexity index is 1280. The largest absolute Gasteiger partial charge is 1.00 e. The van der Waals surface area contributed by atoms with Crippen molar-refractivity contribution in [1.29, 1.82) is 0 Å². The number of aromatic nitrogens is 4. The number of hydrogen-bond donors (Lipinski definition) is 2. The molecular weight excluding hydrogens is 761 g/mol. The minimum Gasteiger partial charge on any atom is -1.00 e. The molecule has 6 rings (SSSR count). The third-order valence-corrected chi connectivity index (χ3v) is 8.33. The molecule has 0 aliphatic carbocycles. The molecule has 2 aliphatic heterocycles. The Morgan fingerprint density at radius 1 is 0.725 bits per heavy atom. The van der Waals surface area contributed by atoms with Crippen LogP contribution in [0.4, 0.5) is 11.4 Å². The van der Waals surface area contributed by atoms with Crippen molar-refractivity contribution in [3.05, 3.63) is 57.6 Å². The maximum atomic E-state index is 5.93. The van der Waals surface area contributed by atoms with Crippen LogP contribution in [0.3, 0.4) is 0 Å². The van der Waals surface area contributed by atoms with E-state index >= 15 is 0 Å². The smallest absolute Gasteiger partial charge is 1.00 e. The Morgan fingerprint density at radius 3 is 1.65 bits per heavy atom. The van der Waals surface area contributed by atoms with Crippen molar-refractivity contribution in [2.75, 3.05) is 50.1 Å². The van der Waals surface area contributed by atoms with E-state index in [2.05, 4.69) is 75.1 Å². The molecule has 2 saturated heterocycles. The van der Waals surface area contributed by atoms with Crippen LogP contribution in [0.25, 0.3) is 22.1 Å². The van der Waals surface area contributed by atoms with Crippen molar-refractivity contribution in [2.24, 2.45) is 0 Å². The molecule has 8 nitrogen and oxygen atoms in total. The first-order chi connectivity index (χ1) is 18.5. The van der Waals surface area contributed by atoms with Crippen LogP contribution >= 0.6 is 34.2 Å². The van der Waals surface area contributed by atoms with Crippen LogP contribution in [0.5, 0.6) is 0 Å². The van der Waals surface area contributed by atoms with Gasteiger partial charge in [-0.15, -0.1) is 0 Å². The minimum absolute atomic E-state index is 0. The molecule has 0 amide bonds. The molecule has 0 saturated carbocycles. The Hall–Kier alpha value is -0.610. The Balaban J connectivity index is 0.000000210. The fourth-order valence-electron chi connectivity index (χ4n) is 5.14. The second-order valence-electron chi connectivity index (χ2n) is 9.83. The zero-order chi connectivity index (χ0) is 26.5. The van der Waals surface area contributed by atoms with Crippen molar-refractivity contribution >= 4 is 67.6 Å². The van der Waals surface area contributed by atoms with E-state index in [-0.39, 0.29) is 53.5 Å². The maximum Gasteiger partial charge on any atom is 1.00 e. The van der Waals surface area contributed by atoms with Gasteiger partial charge in [-0.2, -0.15) is 0 Å². The Kier molecular flexibility index (Phi) is 13.8. The summed E-state index contributed by atoms with van der Waals surface area (Å²) in [6, 6.07) is 13.2. The average molecular weight is 795 g/mol. The molecule has 0 aromatic carbocycles. The monoisotopic (exact) mass is 794 g/mol. The summed E-state index contributed by atoms with van der Waals surface area (Å²) in [4.78, 5) is 22.6. The summed E-state index contributed by atoms with van der Waals surface area (Å²) in [7, 11) is 4.08. The second kappa shape index (κ2) is 16.3. The summed E-state index contributed by atoms with van der Waals surface area (Å²) in [6.45, 7) is 4.28. The van der Waals surface area contributed by atoms with Gasteiger partial charge in [0, 0.05) is 38.3 Å². The summed E-state index contributed by atoms with van der Waals surface area (Å²) in [6.07, 6.45) is 8.60. The van der Waals surface area contributed by atoms with Gasteiger partial charge in [0.25, 0.3) is 0 Å². The van der Waals surface area contributed by atoms with Crippen LogP contribution in [0.15, 0.2) is 48.8 Å². The van der Waals surface area contributed by atoms with Crippen LogP contribution in [0.2, 0.25) is 5.15 Å². The fourth-order valence-corrected chi connectivity index (χ4v) is 5.73. The number of nitrogens with one attached hydrogen (secondary N) is 2. The number of hydrogen-bond acceptors (Lipinski definition) is 8. The standard InChI is InChI=1S/C14H17ClN4.C14H17IN4.HI.Na/c2*1-16-10-4-6-19(7-5-10)11-8-13-12(17-9-11)2-3-14(15)18-13;;/h2*2-3,8-10,16H,4-7H2,1H3;1H;/q;;;+1/p-1. The molecule has 40 heavy (non-hydrogen) atoms. The van der Waals surface area contributed by atoms with Gasteiger partial charge in [0.15, 0.2) is 0 Å². The number of pyridine rings is 4. The quantitative estimate of drug-likeness (QED) is 0.154. The second-order valence-corrected chi connectivity index (χ2v) is 11.3. The predicted molar refractivity (Wildman–Crippen MR) is 165 cm³/mol. The molecule has 208 valence electrons. The average Bonchev–Trinajstić information content (AvgIpc) is 2.97. The normalized spacial score (nSPS) is 16.2. The molecule has 4 aromatic heterocycles. The van der Waals surface area contributed by atoms with Gasteiger partial charge in [-0.1, -0.05) is 11.6 Å². The molecule has 2 N–H and O–H groups in total. The van der Waals surface area contributed by atoms with Crippen molar-refractivity contribution in [2.45, 2.75) is 37.8 Å². The zero-order valence-electron chi connectivity index (χ0n) is 23.2. The van der Waals surface area contributed by atoms with Gasteiger partial charge in [-0.25, -0.2) is 9.97 Å². The van der Waals surface area contributed by atoms with Crippen LogP contribution in [-0.4, -0.2) is 72.3 Å². The molecular formula is C28H34ClI2N8Na. The SMILES string of the molecule is CNC1CCN(c2cnc3ccc(Cl)nc3c2)CC1.CNC1CCN(c2cnc3ccc(I)nc3c2)CC1.[I-].[Na+]. The van der Waals surface area contributed by atoms with Gasteiger partial charge in [0.1, 0.15) is 8.85 Å². The van der Waals surface area contributed by atoms with E-state index in [0.717, 1.165) is 70.5 Å². The first kappa shape index (κ1) is 33.9. The van der Waals surface area contributed by atoms with Gasteiger partial charge in [0.05, 0.1) is 45.8 Å². The van der Waals surface area contributed by atoms with Crippen LogP contribution < -0.4 is 74.0 Å². The summed E-state index contributed by atoms with van der Waals surface area (Å²) < 4.78 is 1.01. The van der Waals surface area contributed by atoms with E-state index in [1.807, 2.05) is 44.7 Å². The van der Waals surface area contributed by atoms with Crippen molar-refractivity contribution < 1.29 is 53.5 Å². The molecule has 4 aromatic rings. The van der Waals surface area contributed by atoms with Gasteiger partial charge in [-0.3, -0.25) is 9.97 Å². The van der Waals surface area contributed by atoms with Crippen LogP contribution in [0, 0.1) is 3.70 Å². The predicted octanol–water partition coefficient (Wildman–Crippen LogP) is -1.10. The number of halogens is 3. The Labute approximate surface area is 294 Å². The molecule has 0 unspecified atom stereocenters. The van der Waals surface area contributed by atoms with E-state index in [1.165, 1.54) is 18.5 Å². The molecule has 0 radical (unpaired) electrons. The molecule has 0 spiro atoms. The number of piperidine rings is 2. The Morgan fingerprint density at radius 2 is 1.18 bits per heavy atom. The molecule has 6 heterocycles. The van der Waals surface area contributed by atoms with Crippen molar-refractivity contribution in [3.63, 3.8) is 0 Å². The van der Waals surface area contributed by atoms with Gasteiger partial charge < -0.3 is 44.4 Å². The van der Waals surface area contributed by atoms with Gasteiger partial charge in [0.2, 0.25) is 0 Å². The third-order valence-electron chi connectivity index (χ3n) is 7.51. The van der Waals surface area contributed by atoms with Crippen molar-refractivity contribution in [1.82, 2.24) is 30.6 Å². The number of fused-ring (bicyclic) bond motifs is 2.